The van der Waals surface area contributed by atoms with Gasteiger partial charge in [0.2, 0.25) is 0 Å². The van der Waals surface area contributed by atoms with Gasteiger partial charge in [0, 0.05) is 31.6 Å². The molecule has 1 amide bonds. The molecule has 1 rings (SSSR count). The normalized spacial score (nSPS) is 10.2. The Kier molecular flexibility index (Phi) is 3.40. The van der Waals surface area contributed by atoms with E-state index in [2.05, 4.69) is 5.10 Å². The predicted molar refractivity (Wildman–Crippen MR) is 56.8 cm³/mol. The third-order valence-electron chi connectivity index (χ3n) is 1.65. The number of carbonyl (C=O) groups excluding carboxylic acids is 1. The van der Waals surface area contributed by atoms with E-state index in [9.17, 15) is 9.59 Å². The van der Waals surface area contributed by atoms with Crippen molar-refractivity contribution in [1.29, 1.82) is 0 Å². The predicted octanol–water partition coefficient (Wildman–Crippen LogP) is 0.569. The van der Waals surface area contributed by atoms with Crippen LogP contribution in [0.15, 0.2) is 10.9 Å². The Morgan fingerprint density at radius 1 is 1.64 bits per heavy atom. The number of carbonyl (C=O) groups is 1. The van der Waals surface area contributed by atoms with Gasteiger partial charge in [0.1, 0.15) is 0 Å². The molecule has 1 aromatic rings. The van der Waals surface area contributed by atoms with E-state index in [0.29, 0.717) is 5.75 Å². The summed E-state index contributed by atoms with van der Waals surface area (Å²) in [4.78, 5) is 24.1. The maximum atomic E-state index is 11.4. The van der Waals surface area contributed by atoms with E-state index < -0.39 is 0 Å². The molecule has 78 valence electrons. The van der Waals surface area contributed by atoms with Crippen molar-refractivity contribution in [3.8, 4) is 0 Å². The summed E-state index contributed by atoms with van der Waals surface area (Å²) in [5, 5.41) is 2.76. The van der Waals surface area contributed by atoms with E-state index >= 15 is 0 Å². The summed E-state index contributed by atoms with van der Waals surface area (Å²) < 4.78 is 1.01. The van der Waals surface area contributed by atoms with Crippen molar-refractivity contribution in [3.05, 3.63) is 22.1 Å². The molecule has 0 aromatic carbocycles. The van der Waals surface area contributed by atoms with Crippen molar-refractivity contribution < 1.29 is 4.79 Å². The molecule has 0 atom stereocenters. The lowest BCUT2D eigenvalue weighted by Crippen LogP contribution is -2.34. The molecular formula is C8H13N3O2S. The Hall–Kier alpha value is -1.17. The summed E-state index contributed by atoms with van der Waals surface area (Å²) in [6.45, 7) is 0. The molecule has 1 N–H and O–H groups in total. The minimum Gasteiger partial charge on any atom is -0.329 e. The van der Waals surface area contributed by atoms with Crippen molar-refractivity contribution in [2.24, 2.45) is 0 Å². The molecule has 0 saturated carbocycles. The highest BCUT2D eigenvalue weighted by Crippen LogP contribution is 2.03. The van der Waals surface area contributed by atoms with Crippen LogP contribution in [0.4, 0.5) is 4.79 Å². The van der Waals surface area contributed by atoms with Gasteiger partial charge in [-0.2, -0.15) is 16.4 Å². The average Bonchev–Trinajstić information content (AvgIpc) is 2.46. The van der Waals surface area contributed by atoms with Crippen LogP contribution in [0.2, 0.25) is 0 Å². The zero-order valence-electron chi connectivity index (χ0n) is 8.40. The quantitative estimate of drug-likeness (QED) is 0.784. The number of thioether (sulfide) groups is 1. The summed E-state index contributed by atoms with van der Waals surface area (Å²) in [6, 6.07) is 1.08. The Balaban J connectivity index is 2.99. The zero-order chi connectivity index (χ0) is 10.7. The van der Waals surface area contributed by atoms with Gasteiger partial charge in [0.25, 0.3) is 5.56 Å². The van der Waals surface area contributed by atoms with Crippen LogP contribution in [0.5, 0.6) is 0 Å². The highest BCUT2D eigenvalue weighted by atomic mass is 32.2. The molecule has 0 bridgehead atoms. The van der Waals surface area contributed by atoms with Gasteiger partial charge in [-0.05, 0) is 6.26 Å². The number of hydrogen-bond donors (Lipinski definition) is 1. The first kappa shape index (κ1) is 10.9. The van der Waals surface area contributed by atoms with Crippen LogP contribution in [0.3, 0.4) is 0 Å². The van der Waals surface area contributed by atoms with Crippen molar-refractivity contribution >= 4 is 17.8 Å². The van der Waals surface area contributed by atoms with Gasteiger partial charge in [-0.3, -0.25) is 9.89 Å². The van der Waals surface area contributed by atoms with Gasteiger partial charge in [0.15, 0.2) is 0 Å². The minimum absolute atomic E-state index is 0.312. The Morgan fingerprint density at radius 3 is 2.79 bits per heavy atom. The van der Waals surface area contributed by atoms with Crippen molar-refractivity contribution in [3.63, 3.8) is 0 Å². The third kappa shape index (κ3) is 2.20. The number of amides is 1. The fraction of sp³-hybridized carbons (Fsp3) is 0.500. The van der Waals surface area contributed by atoms with Crippen LogP contribution >= 0.6 is 11.8 Å². The maximum Gasteiger partial charge on any atom is 0.345 e. The first-order valence-electron chi connectivity index (χ1n) is 4.07. The average molecular weight is 215 g/mol. The van der Waals surface area contributed by atoms with Gasteiger partial charge in [-0.15, -0.1) is 0 Å². The number of H-pyrrole nitrogens is 1. The van der Waals surface area contributed by atoms with E-state index in [1.165, 1.54) is 11.0 Å². The van der Waals surface area contributed by atoms with E-state index in [0.717, 1.165) is 10.4 Å². The topological polar surface area (TPSA) is 58.1 Å². The van der Waals surface area contributed by atoms with E-state index in [4.69, 9.17) is 0 Å². The number of nitrogens with one attached hydrogen (secondary N) is 1. The van der Waals surface area contributed by atoms with Crippen molar-refractivity contribution in [2.45, 2.75) is 5.75 Å². The molecule has 5 nitrogen and oxygen atoms in total. The maximum absolute atomic E-state index is 11.4. The molecule has 6 heteroatoms. The molecule has 0 aliphatic rings. The molecule has 1 heterocycles. The number of rotatable bonds is 2. The lowest BCUT2D eigenvalue weighted by molar-refractivity contribution is 0.215. The number of aromatic amines is 1. The van der Waals surface area contributed by atoms with Crippen LogP contribution in [0.25, 0.3) is 0 Å². The van der Waals surface area contributed by atoms with Gasteiger partial charge >= 0.3 is 6.03 Å². The zero-order valence-corrected chi connectivity index (χ0v) is 9.22. The lowest BCUT2D eigenvalue weighted by atomic mass is 10.5. The smallest absolute Gasteiger partial charge is 0.329 e. The van der Waals surface area contributed by atoms with Crippen molar-refractivity contribution in [2.75, 3.05) is 20.4 Å². The molecule has 0 saturated heterocycles. The summed E-state index contributed by atoms with van der Waals surface area (Å²) in [5.74, 6) is 0.697. The molecule has 0 radical (unpaired) electrons. The second kappa shape index (κ2) is 4.36. The summed E-state index contributed by atoms with van der Waals surface area (Å²) >= 11 is 1.59. The fourth-order valence-corrected chi connectivity index (χ4v) is 1.47. The fourth-order valence-electron chi connectivity index (χ4n) is 1.02. The van der Waals surface area contributed by atoms with Gasteiger partial charge in [-0.1, -0.05) is 0 Å². The first-order valence-corrected chi connectivity index (χ1v) is 5.47. The molecule has 0 fully saturated rings. The molecule has 0 spiro atoms. The van der Waals surface area contributed by atoms with Gasteiger partial charge < -0.3 is 4.90 Å². The molecule has 0 aliphatic heterocycles. The summed E-state index contributed by atoms with van der Waals surface area (Å²) in [5.41, 5.74) is 0.449. The Labute approximate surface area is 86.1 Å². The highest BCUT2D eigenvalue weighted by molar-refractivity contribution is 7.97. The molecule has 0 aliphatic carbocycles. The van der Waals surface area contributed by atoms with E-state index in [1.54, 1.807) is 25.9 Å². The minimum atomic E-state index is -0.359. The lowest BCUT2D eigenvalue weighted by Gasteiger charge is -2.08. The largest absolute Gasteiger partial charge is 0.345 e. The monoisotopic (exact) mass is 215 g/mol. The van der Waals surface area contributed by atoms with Crippen molar-refractivity contribution in [1.82, 2.24) is 14.7 Å². The SMILES string of the molecule is CSCc1cc(=O)n(C(=O)N(C)C)[nH]1. The third-order valence-corrected chi connectivity index (χ3v) is 2.25. The van der Waals surface area contributed by atoms with Crippen LogP contribution in [-0.4, -0.2) is 41.1 Å². The molecule has 1 aromatic heterocycles. The molecule has 0 unspecified atom stereocenters. The van der Waals surface area contributed by atoms with Gasteiger partial charge in [-0.25, -0.2) is 4.79 Å². The van der Waals surface area contributed by atoms with E-state index in [-0.39, 0.29) is 11.6 Å². The standard InChI is InChI=1S/C8H13N3O2S/c1-10(2)8(13)11-7(12)4-6(9-11)5-14-3/h4,9H,5H2,1-3H3. The molecule has 14 heavy (non-hydrogen) atoms. The Morgan fingerprint density at radius 2 is 2.29 bits per heavy atom. The van der Waals surface area contributed by atoms with Crippen LogP contribution in [0, 0.1) is 0 Å². The second-order valence-corrected chi connectivity index (χ2v) is 3.93. The van der Waals surface area contributed by atoms with Crippen LogP contribution in [0.1, 0.15) is 5.69 Å². The van der Waals surface area contributed by atoms with Gasteiger partial charge in [0.05, 0.1) is 0 Å². The highest BCUT2D eigenvalue weighted by Gasteiger charge is 2.11. The molecular weight excluding hydrogens is 202 g/mol. The van der Waals surface area contributed by atoms with E-state index in [1.807, 2.05) is 6.26 Å². The van der Waals surface area contributed by atoms with Crippen LogP contribution < -0.4 is 5.56 Å². The summed E-state index contributed by atoms with van der Waals surface area (Å²) in [7, 11) is 3.20. The number of aromatic nitrogens is 2. The second-order valence-electron chi connectivity index (χ2n) is 3.07. The number of nitrogens with zero attached hydrogens (tertiary/aromatic N) is 2. The Bertz CT molecular complexity index is 380. The van der Waals surface area contributed by atoms with Crippen LogP contribution in [-0.2, 0) is 5.75 Å². The number of hydrogen-bond acceptors (Lipinski definition) is 3. The first-order chi connectivity index (χ1) is 6.56. The summed E-state index contributed by atoms with van der Waals surface area (Å²) in [6.07, 6.45) is 1.93.